The summed E-state index contributed by atoms with van der Waals surface area (Å²) < 4.78 is 18.4. The van der Waals surface area contributed by atoms with Crippen LogP contribution in [0.25, 0.3) is 0 Å². The Morgan fingerprint density at radius 2 is 2.11 bits per heavy atom. The smallest absolute Gasteiger partial charge is 0.165 e. The highest BCUT2D eigenvalue weighted by molar-refractivity contribution is 5.29. The number of benzene rings is 1. The minimum Gasteiger partial charge on any atom is -0.494 e. The molecule has 0 N–H and O–H groups in total. The molecule has 0 saturated heterocycles. The molecule has 98 valence electrons. The van der Waals surface area contributed by atoms with Crippen LogP contribution in [0.2, 0.25) is 0 Å². The summed E-state index contributed by atoms with van der Waals surface area (Å²) in [5.41, 5.74) is 0.388. The molecule has 0 radical (unpaired) electrons. The summed E-state index contributed by atoms with van der Waals surface area (Å²) in [5.74, 6) is -0.0957. The van der Waals surface area contributed by atoms with Gasteiger partial charge in [-0.15, -0.1) is 0 Å². The van der Waals surface area contributed by atoms with E-state index in [1.807, 2.05) is 31.9 Å². The molecule has 0 amide bonds. The summed E-state index contributed by atoms with van der Waals surface area (Å²) in [6, 6.07) is 7.18. The third-order valence-corrected chi connectivity index (χ3v) is 3.18. The molecular weight excluding hydrogens is 231 g/mol. The van der Waals surface area contributed by atoms with Crippen LogP contribution in [0, 0.1) is 17.1 Å². The molecule has 0 spiro atoms. The van der Waals surface area contributed by atoms with Crippen LogP contribution < -0.4 is 4.74 Å². The molecule has 0 aliphatic heterocycles. The fraction of sp³-hybridized carbons (Fsp3) is 0.500. The zero-order chi connectivity index (χ0) is 13.8. The van der Waals surface area contributed by atoms with Gasteiger partial charge in [0, 0.05) is 6.54 Å². The number of likely N-dealkylation sites (N-methyl/N-ethyl adjacent to an activating group) is 1. The lowest BCUT2D eigenvalue weighted by Crippen LogP contribution is -2.40. The third kappa shape index (κ3) is 3.44. The van der Waals surface area contributed by atoms with E-state index < -0.39 is 5.54 Å². The van der Waals surface area contributed by atoms with Crippen molar-refractivity contribution >= 4 is 0 Å². The van der Waals surface area contributed by atoms with Gasteiger partial charge in [-0.25, -0.2) is 4.39 Å². The number of hydrogen-bond acceptors (Lipinski definition) is 3. The second-order valence-electron chi connectivity index (χ2n) is 4.81. The van der Waals surface area contributed by atoms with Gasteiger partial charge >= 0.3 is 0 Å². The van der Waals surface area contributed by atoms with Crippen LogP contribution >= 0.6 is 0 Å². The van der Waals surface area contributed by atoms with Gasteiger partial charge in [0.1, 0.15) is 5.54 Å². The first kappa shape index (κ1) is 14.5. The van der Waals surface area contributed by atoms with Crippen LogP contribution in [0.4, 0.5) is 4.39 Å². The highest BCUT2D eigenvalue weighted by Gasteiger charge is 2.22. The molecule has 0 saturated carbocycles. The van der Waals surface area contributed by atoms with Crippen molar-refractivity contribution in [1.29, 1.82) is 5.26 Å². The molecule has 0 aliphatic rings. The second-order valence-corrected chi connectivity index (χ2v) is 4.81. The van der Waals surface area contributed by atoms with Crippen LogP contribution in [0.5, 0.6) is 5.75 Å². The Labute approximate surface area is 108 Å². The molecular formula is C14H19FN2O. The second kappa shape index (κ2) is 5.83. The van der Waals surface area contributed by atoms with Crippen molar-refractivity contribution in [2.75, 3.05) is 20.7 Å². The van der Waals surface area contributed by atoms with E-state index in [2.05, 4.69) is 6.07 Å². The van der Waals surface area contributed by atoms with Crippen LogP contribution in [0.15, 0.2) is 18.2 Å². The van der Waals surface area contributed by atoms with E-state index in [1.165, 1.54) is 13.2 Å². The van der Waals surface area contributed by atoms with E-state index in [0.717, 1.165) is 5.56 Å². The van der Waals surface area contributed by atoms with Gasteiger partial charge in [0.05, 0.1) is 13.2 Å². The van der Waals surface area contributed by atoms with Crippen LogP contribution in [0.1, 0.15) is 19.4 Å². The summed E-state index contributed by atoms with van der Waals surface area (Å²) in [5, 5.41) is 9.01. The standard InChI is InChI=1S/C14H19FN2O/c1-14(2,10-16)17(3)8-7-11-5-6-13(18-4)12(15)9-11/h5-6,9H,7-8H2,1-4H3. The first-order chi connectivity index (χ1) is 8.40. The van der Waals surface area contributed by atoms with Gasteiger partial charge in [0.2, 0.25) is 0 Å². The maximum Gasteiger partial charge on any atom is 0.165 e. The Hall–Kier alpha value is -1.60. The molecule has 0 atom stereocenters. The zero-order valence-electron chi connectivity index (χ0n) is 11.3. The molecule has 0 heterocycles. The minimum absolute atomic E-state index is 0.254. The molecule has 4 heteroatoms. The Kier molecular flexibility index (Phi) is 4.69. The van der Waals surface area contributed by atoms with Crippen molar-refractivity contribution < 1.29 is 9.13 Å². The van der Waals surface area contributed by atoms with E-state index >= 15 is 0 Å². The Morgan fingerprint density at radius 1 is 1.44 bits per heavy atom. The molecule has 1 rings (SSSR count). The lowest BCUT2D eigenvalue weighted by atomic mass is 10.0. The number of rotatable bonds is 5. The van der Waals surface area contributed by atoms with Crippen molar-refractivity contribution in [2.24, 2.45) is 0 Å². The summed E-state index contributed by atoms with van der Waals surface area (Å²) >= 11 is 0. The van der Waals surface area contributed by atoms with Crippen molar-refractivity contribution in [2.45, 2.75) is 25.8 Å². The minimum atomic E-state index is -0.509. The van der Waals surface area contributed by atoms with E-state index in [4.69, 9.17) is 10.00 Å². The number of methoxy groups -OCH3 is 1. The average molecular weight is 250 g/mol. The van der Waals surface area contributed by atoms with Gasteiger partial charge in [-0.1, -0.05) is 6.07 Å². The van der Waals surface area contributed by atoms with Crippen molar-refractivity contribution in [3.63, 3.8) is 0 Å². The van der Waals surface area contributed by atoms with Crippen molar-refractivity contribution in [3.05, 3.63) is 29.6 Å². The molecule has 0 aliphatic carbocycles. The summed E-state index contributed by atoms with van der Waals surface area (Å²) in [6.07, 6.45) is 0.697. The number of ether oxygens (including phenoxy) is 1. The van der Waals surface area contributed by atoms with E-state index in [0.29, 0.717) is 13.0 Å². The monoisotopic (exact) mass is 250 g/mol. The van der Waals surface area contributed by atoms with Crippen LogP contribution in [0.3, 0.4) is 0 Å². The quantitative estimate of drug-likeness (QED) is 0.806. The predicted molar refractivity (Wildman–Crippen MR) is 69.0 cm³/mol. The normalized spacial score (nSPS) is 11.4. The van der Waals surface area contributed by atoms with Gasteiger partial charge in [0.15, 0.2) is 11.6 Å². The Balaban J connectivity index is 2.65. The predicted octanol–water partition coefficient (Wildman–Crippen LogP) is 2.61. The average Bonchev–Trinajstić information content (AvgIpc) is 2.36. The van der Waals surface area contributed by atoms with Crippen molar-refractivity contribution in [3.8, 4) is 11.8 Å². The molecule has 1 aromatic carbocycles. The maximum absolute atomic E-state index is 13.5. The molecule has 1 aromatic rings. The fourth-order valence-corrected chi connectivity index (χ4v) is 1.53. The van der Waals surface area contributed by atoms with E-state index in [-0.39, 0.29) is 11.6 Å². The van der Waals surface area contributed by atoms with Gasteiger partial charge in [-0.3, -0.25) is 4.90 Å². The van der Waals surface area contributed by atoms with Gasteiger partial charge < -0.3 is 4.74 Å². The lowest BCUT2D eigenvalue weighted by Gasteiger charge is -2.28. The van der Waals surface area contributed by atoms with Crippen molar-refractivity contribution in [1.82, 2.24) is 4.90 Å². The van der Waals surface area contributed by atoms with E-state index in [9.17, 15) is 4.39 Å². The lowest BCUT2D eigenvalue weighted by molar-refractivity contribution is 0.214. The van der Waals surface area contributed by atoms with Gasteiger partial charge in [0.25, 0.3) is 0 Å². The number of nitriles is 1. The fourth-order valence-electron chi connectivity index (χ4n) is 1.53. The topological polar surface area (TPSA) is 36.3 Å². The zero-order valence-corrected chi connectivity index (χ0v) is 11.3. The highest BCUT2D eigenvalue weighted by Crippen LogP contribution is 2.19. The Morgan fingerprint density at radius 3 is 2.61 bits per heavy atom. The van der Waals surface area contributed by atoms with Gasteiger partial charge in [-0.05, 0) is 45.0 Å². The van der Waals surface area contributed by atoms with Gasteiger partial charge in [-0.2, -0.15) is 5.26 Å². The molecule has 0 unspecified atom stereocenters. The molecule has 0 bridgehead atoms. The summed E-state index contributed by atoms with van der Waals surface area (Å²) in [4.78, 5) is 1.95. The first-order valence-electron chi connectivity index (χ1n) is 5.85. The van der Waals surface area contributed by atoms with E-state index in [1.54, 1.807) is 6.07 Å². The number of nitrogens with zero attached hydrogens (tertiary/aromatic N) is 2. The maximum atomic E-state index is 13.5. The Bertz CT molecular complexity index is 452. The number of halogens is 1. The largest absolute Gasteiger partial charge is 0.494 e. The molecule has 0 fully saturated rings. The summed E-state index contributed by atoms with van der Waals surface area (Å²) in [7, 11) is 3.34. The molecule has 3 nitrogen and oxygen atoms in total. The van der Waals surface area contributed by atoms with Crippen LogP contribution in [-0.4, -0.2) is 31.1 Å². The molecule has 18 heavy (non-hydrogen) atoms. The van der Waals surface area contributed by atoms with Crippen LogP contribution in [-0.2, 0) is 6.42 Å². The third-order valence-electron chi connectivity index (χ3n) is 3.18. The molecule has 0 aromatic heterocycles. The number of hydrogen-bond donors (Lipinski definition) is 0. The SMILES string of the molecule is COc1ccc(CCN(C)C(C)(C)C#N)cc1F. The highest BCUT2D eigenvalue weighted by atomic mass is 19.1. The summed E-state index contributed by atoms with van der Waals surface area (Å²) in [6.45, 7) is 4.43. The first-order valence-corrected chi connectivity index (χ1v) is 5.85.